The molecule has 1 aromatic rings. The largest absolute Gasteiger partial charge is 0.479 e. The Labute approximate surface area is 181 Å². The number of likely N-dealkylation sites (N-methyl/N-ethyl adjacent to an activating group) is 1. The molecule has 0 radical (unpaired) electrons. The lowest BCUT2D eigenvalue weighted by Crippen LogP contribution is -2.50. The molecule has 3 heterocycles. The fourth-order valence-electron chi connectivity index (χ4n) is 4.05. The van der Waals surface area contributed by atoms with Crippen LogP contribution in [-0.2, 0) is 29.1 Å². The molecule has 1 atom stereocenters. The average molecular weight is 454 g/mol. The molecule has 4 rings (SSSR count). The first kappa shape index (κ1) is 22.0. The maximum Gasteiger partial charge on any atom is 0.265 e. The highest BCUT2D eigenvalue weighted by molar-refractivity contribution is 7.89. The number of amides is 2. The minimum Gasteiger partial charge on any atom is -0.479 e. The molecule has 31 heavy (non-hydrogen) atoms. The van der Waals surface area contributed by atoms with E-state index in [4.69, 9.17) is 14.2 Å². The third-order valence-corrected chi connectivity index (χ3v) is 7.89. The third-order valence-electron chi connectivity index (χ3n) is 5.95. The smallest absolute Gasteiger partial charge is 0.265 e. The van der Waals surface area contributed by atoms with Crippen molar-refractivity contribution in [1.82, 2.24) is 9.21 Å². The predicted molar refractivity (Wildman–Crippen MR) is 110 cm³/mol. The minimum absolute atomic E-state index is 0.0373. The topological polar surface area (TPSA) is 114 Å². The van der Waals surface area contributed by atoms with Gasteiger partial charge in [-0.25, -0.2) is 8.42 Å². The van der Waals surface area contributed by atoms with Crippen molar-refractivity contribution in [3.8, 4) is 5.75 Å². The minimum atomic E-state index is -3.95. The lowest BCUT2D eigenvalue weighted by molar-refractivity contribution is -0.187. The molecule has 3 aliphatic heterocycles. The second kappa shape index (κ2) is 8.05. The molecule has 1 unspecified atom stereocenters. The molecule has 0 saturated carbocycles. The van der Waals surface area contributed by atoms with E-state index in [1.54, 1.807) is 24.8 Å². The van der Waals surface area contributed by atoms with E-state index >= 15 is 0 Å². The zero-order valence-corrected chi connectivity index (χ0v) is 18.7. The molecule has 11 heteroatoms. The normalized spacial score (nSPS) is 22.9. The number of aryl methyl sites for hydroxylation is 1. The molecule has 2 fully saturated rings. The van der Waals surface area contributed by atoms with Crippen molar-refractivity contribution in [2.45, 2.75) is 43.5 Å². The quantitative estimate of drug-likeness (QED) is 0.714. The van der Waals surface area contributed by atoms with Crippen molar-refractivity contribution < 1.29 is 32.2 Å². The first-order chi connectivity index (χ1) is 14.6. The molecule has 0 bridgehead atoms. The number of benzene rings is 1. The van der Waals surface area contributed by atoms with E-state index in [1.807, 2.05) is 0 Å². The third kappa shape index (κ3) is 4.14. The SMILES string of the molecule is Cc1cc2c(cc1S(=O)(=O)N(C)CC(=O)N1CCC3(CC1)OCCO3)OC(C)C(=O)N2. The highest BCUT2D eigenvalue weighted by atomic mass is 32.2. The van der Waals surface area contributed by atoms with Crippen molar-refractivity contribution >= 4 is 27.5 Å². The van der Waals surface area contributed by atoms with Crippen LogP contribution < -0.4 is 10.1 Å². The Morgan fingerprint density at radius 2 is 1.90 bits per heavy atom. The van der Waals surface area contributed by atoms with Crippen LogP contribution in [0.1, 0.15) is 25.3 Å². The monoisotopic (exact) mass is 453 g/mol. The highest BCUT2D eigenvalue weighted by Crippen LogP contribution is 2.35. The van der Waals surface area contributed by atoms with Gasteiger partial charge in [0, 0.05) is 39.0 Å². The van der Waals surface area contributed by atoms with Gasteiger partial charge in [-0.3, -0.25) is 9.59 Å². The summed E-state index contributed by atoms with van der Waals surface area (Å²) in [4.78, 5) is 26.2. The predicted octanol–water partition coefficient (Wildman–Crippen LogP) is 0.700. The number of sulfonamides is 1. The van der Waals surface area contributed by atoms with Crippen LogP contribution in [0.4, 0.5) is 5.69 Å². The fraction of sp³-hybridized carbons (Fsp3) is 0.600. The highest BCUT2D eigenvalue weighted by Gasteiger charge is 2.41. The van der Waals surface area contributed by atoms with E-state index in [1.165, 1.54) is 13.1 Å². The van der Waals surface area contributed by atoms with Crippen molar-refractivity contribution in [3.63, 3.8) is 0 Å². The van der Waals surface area contributed by atoms with Gasteiger partial charge in [0.1, 0.15) is 5.75 Å². The van der Waals surface area contributed by atoms with Crippen LogP contribution >= 0.6 is 0 Å². The molecule has 1 N–H and O–H groups in total. The first-order valence-electron chi connectivity index (χ1n) is 10.3. The molecule has 0 aromatic heterocycles. The number of piperidine rings is 1. The standard InChI is InChI=1S/C20H27N3O7S/c1-13-10-15-16(30-14(2)19(25)21-15)11-17(13)31(26,27)22(3)12-18(24)23-6-4-20(5-7-23)28-8-9-29-20/h10-11,14H,4-9,12H2,1-3H3,(H,21,25). The second-order valence-electron chi connectivity index (χ2n) is 8.11. The molecule has 170 valence electrons. The molecule has 2 saturated heterocycles. The molecular formula is C20H27N3O7S. The van der Waals surface area contributed by atoms with Crippen LogP contribution in [0, 0.1) is 6.92 Å². The number of nitrogens with zero attached hydrogens (tertiary/aromatic N) is 2. The molecule has 1 spiro atoms. The lowest BCUT2D eigenvalue weighted by Gasteiger charge is -2.38. The van der Waals surface area contributed by atoms with Crippen LogP contribution in [0.2, 0.25) is 0 Å². The van der Waals surface area contributed by atoms with E-state index in [-0.39, 0.29) is 29.0 Å². The van der Waals surface area contributed by atoms with Gasteiger partial charge in [0.25, 0.3) is 5.91 Å². The lowest BCUT2D eigenvalue weighted by atomic mass is 10.0. The Bertz CT molecular complexity index is 994. The Balaban J connectivity index is 1.46. The second-order valence-corrected chi connectivity index (χ2v) is 10.1. The summed E-state index contributed by atoms with van der Waals surface area (Å²) < 4.78 is 44.3. The van der Waals surface area contributed by atoms with Crippen molar-refractivity contribution in [3.05, 3.63) is 17.7 Å². The Morgan fingerprint density at radius 1 is 1.26 bits per heavy atom. The number of likely N-dealkylation sites (tertiary alicyclic amines) is 1. The summed E-state index contributed by atoms with van der Waals surface area (Å²) in [5.74, 6) is -0.871. The molecule has 0 aliphatic carbocycles. The van der Waals surface area contributed by atoms with E-state index in [9.17, 15) is 18.0 Å². The average Bonchev–Trinajstić information content (AvgIpc) is 3.17. The summed E-state index contributed by atoms with van der Waals surface area (Å²) in [5.41, 5.74) is 0.879. The van der Waals surface area contributed by atoms with Crippen molar-refractivity contribution in [1.29, 1.82) is 0 Å². The number of hydrogen-bond acceptors (Lipinski definition) is 7. The summed E-state index contributed by atoms with van der Waals surface area (Å²) in [7, 11) is -2.57. The fourth-order valence-corrected chi connectivity index (χ4v) is 5.38. The number of ether oxygens (including phenoxy) is 3. The maximum absolute atomic E-state index is 13.2. The number of anilines is 1. The summed E-state index contributed by atoms with van der Waals surface area (Å²) in [5, 5.41) is 2.70. The van der Waals surface area contributed by atoms with E-state index < -0.39 is 21.9 Å². The molecule has 1 aromatic carbocycles. The van der Waals surface area contributed by atoms with E-state index in [0.29, 0.717) is 50.4 Å². The Morgan fingerprint density at radius 3 is 2.55 bits per heavy atom. The number of carbonyl (C=O) groups excluding carboxylic acids is 2. The van der Waals surface area contributed by atoms with Gasteiger partial charge in [-0.1, -0.05) is 0 Å². The first-order valence-corrected chi connectivity index (χ1v) is 11.7. The number of hydrogen-bond donors (Lipinski definition) is 1. The molecule has 3 aliphatic rings. The van der Waals surface area contributed by atoms with Crippen LogP contribution in [0.3, 0.4) is 0 Å². The Hall–Kier alpha value is -2.21. The van der Waals surface area contributed by atoms with Gasteiger partial charge in [0.05, 0.1) is 30.3 Å². The summed E-state index contributed by atoms with van der Waals surface area (Å²) >= 11 is 0. The number of fused-ring (bicyclic) bond motifs is 1. The van der Waals surface area contributed by atoms with Crippen LogP contribution in [0.5, 0.6) is 5.75 Å². The molecule has 2 amide bonds. The molecule has 10 nitrogen and oxygen atoms in total. The van der Waals surface area contributed by atoms with Crippen molar-refractivity contribution in [2.75, 3.05) is 45.2 Å². The van der Waals surface area contributed by atoms with Gasteiger partial charge in [0.2, 0.25) is 15.9 Å². The summed E-state index contributed by atoms with van der Waals surface area (Å²) in [6.45, 7) is 4.97. The van der Waals surface area contributed by atoms with Crippen LogP contribution in [0.15, 0.2) is 17.0 Å². The summed E-state index contributed by atoms with van der Waals surface area (Å²) in [6.07, 6.45) is 0.418. The maximum atomic E-state index is 13.2. The van der Waals surface area contributed by atoms with Gasteiger partial charge in [0.15, 0.2) is 11.9 Å². The van der Waals surface area contributed by atoms with Gasteiger partial charge >= 0.3 is 0 Å². The van der Waals surface area contributed by atoms with Gasteiger partial charge in [-0.15, -0.1) is 0 Å². The van der Waals surface area contributed by atoms with Gasteiger partial charge in [-0.05, 0) is 25.5 Å². The number of rotatable bonds is 4. The zero-order chi connectivity index (χ0) is 22.4. The van der Waals surface area contributed by atoms with E-state index in [0.717, 1.165) is 4.31 Å². The number of nitrogens with one attached hydrogen (secondary N) is 1. The van der Waals surface area contributed by atoms with Crippen LogP contribution in [-0.4, -0.2) is 81.2 Å². The van der Waals surface area contributed by atoms with Crippen molar-refractivity contribution in [2.24, 2.45) is 0 Å². The van der Waals surface area contributed by atoms with Gasteiger partial charge in [-0.2, -0.15) is 4.31 Å². The molecular weight excluding hydrogens is 426 g/mol. The van der Waals surface area contributed by atoms with Crippen LogP contribution in [0.25, 0.3) is 0 Å². The summed E-state index contributed by atoms with van der Waals surface area (Å²) in [6, 6.07) is 2.96. The van der Waals surface area contributed by atoms with Gasteiger partial charge < -0.3 is 24.4 Å². The Kier molecular flexibility index (Phi) is 5.71. The van der Waals surface area contributed by atoms with E-state index in [2.05, 4.69) is 5.32 Å². The number of carbonyl (C=O) groups is 2. The zero-order valence-electron chi connectivity index (χ0n) is 17.8.